The van der Waals surface area contributed by atoms with Gasteiger partial charge in [0.1, 0.15) is 5.71 Å². The van der Waals surface area contributed by atoms with Crippen molar-refractivity contribution in [3.8, 4) is 0 Å². The smallest absolute Gasteiger partial charge is 0.293 e. The molecule has 0 aromatic carbocycles. The Balaban J connectivity index is 0. The molecule has 0 spiro atoms. The molecule has 1 rings (SSSR count). The first-order chi connectivity index (χ1) is 10.8. The van der Waals surface area contributed by atoms with E-state index in [0.29, 0.717) is 12.1 Å². The van der Waals surface area contributed by atoms with Crippen molar-refractivity contribution in [2.75, 3.05) is 0 Å². The van der Waals surface area contributed by atoms with Crippen LogP contribution in [0.3, 0.4) is 0 Å². The number of hydroxylamine groups is 1. The van der Waals surface area contributed by atoms with Crippen molar-refractivity contribution in [3.63, 3.8) is 0 Å². The Morgan fingerprint density at radius 2 is 1.83 bits per heavy atom. The maximum atomic E-state index is 11.1. The Hall–Kier alpha value is -2.47. The summed E-state index contributed by atoms with van der Waals surface area (Å²) in [5, 5.41) is 11.0. The fraction of sp³-hybridized carbons (Fsp3) is 0.353. The molecule has 0 aromatic heterocycles. The second-order valence-corrected chi connectivity index (χ2v) is 4.67. The van der Waals surface area contributed by atoms with Crippen molar-refractivity contribution >= 4 is 17.5 Å². The summed E-state index contributed by atoms with van der Waals surface area (Å²) < 4.78 is 0. The molecule has 3 N–H and O–H groups in total. The SMILES string of the molecule is C=CC.CC(=O)NC1=CC(C(=O)NO)=NC=CC1.CC=C(C)C. The molecule has 128 valence electrons. The number of carbonyl (C=O) groups is 2. The van der Waals surface area contributed by atoms with E-state index in [1.807, 2.05) is 13.8 Å². The number of hydrogen-bond donors (Lipinski definition) is 3. The molecular formula is C17H27N3O3. The van der Waals surface area contributed by atoms with Gasteiger partial charge in [0.2, 0.25) is 5.91 Å². The normalized spacial score (nSPS) is 11.7. The first kappa shape index (κ1) is 22.8. The quantitative estimate of drug-likeness (QED) is 0.415. The Bertz CT molecular complexity index is 511. The minimum atomic E-state index is -0.718. The lowest BCUT2D eigenvalue weighted by Gasteiger charge is -2.04. The monoisotopic (exact) mass is 321 g/mol. The minimum absolute atomic E-state index is 0.0370. The summed E-state index contributed by atoms with van der Waals surface area (Å²) in [5.41, 5.74) is 3.45. The van der Waals surface area contributed by atoms with Gasteiger partial charge in [0.15, 0.2) is 0 Å². The van der Waals surface area contributed by atoms with Crippen LogP contribution in [-0.4, -0.2) is 22.7 Å². The third kappa shape index (κ3) is 14.2. The molecule has 0 aliphatic carbocycles. The van der Waals surface area contributed by atoms with Crippen LogP contribution in [0.2, 0.25) is 0 Å². The highest BCUT2D eigenvalue weighted by molar-refractivity contribution is 6.43. The molecule has 0 aromatic rings. The van der Waals surface area contributed by atoms with Crippen molar-refractivity contribution in [2.45, 2.75) is 41.0 Å². The first-order valence-electron chi connectivity index (χ1n) is 7.14. The van der Waals surface area contributed by atoms with Gasteiger partial charge in [-0.25, -0.2) is 5.48 Å². The molecule has 0 unspecified atom stereocenters. The van der Waals surface area contributed by atoms with E-state index in [1.165, 1.54) is 30.3 Å². The third-order valence-corrected chi connectivity index (χ3v) is 2.22. The largest absolute Gasteiger partial charge is 0.330 e. The average Bonchev–Trinajstić information content (AvgIpc) is 2.72. The van der Waals surface area contributed by atoms with E-state index >= 15 is 0 Å². The number of allylic oxidation sites excluding steroid dienone is 4. The van der Waals surface area contributed by atoms with Crippen molar-refractivity contribution in [3.05, 3.63) is 48.4 Å². The number of aliphatic imine (C=N–C) groups is 1. The molecule has 0 saturated heterocycles. The molecule has 6 heteroatoms. The van der Waals surface area contributed by atoms with Crippen LogP contribution in [0, 0.1) is 0 Å². The third-order valence-electron chi connectivity index (χ3n) is 2.22. The van der Waals surface area contributed by atoms with E-state index in [2.05, 4.69) is 36.8 Å². The van der Waals surface area contributed by atoms with Crippen molar-refractivity contribution in [1.82, 2.24) is 10.8 Å². The molecule has 0 saturated carbocycles. The molecule has 0 fully saturated rings. The highest BCUT2D eigenvalue weighted by Gasteiger charge is 2.10. The van der Waals surface area contributed by atoms with Crippen LogP contribution in [0.4, 0.5) is 0 Å². The van der Waals surface area contributed by atoms with E-state index < -0.39 is 5.91 Å². The predicted molar refractivity (Wildman–Crippen MR) is 94.0 cm³/mol. The fourth-order valence-electron chi connectivity index (χ4n) is 1.07. The molecule has 0 bridgehead atoms. The topological polar surface area (TPSA) is 90.8 Å². The van der Waals surface area contributed by atoms with Crippen molar-refractivity contribution in [2.24, 2.45) is 4.99 Å². The van der Waals surface area contributed by atoms with Crippen LogP contribution >= 0.6 is 0 Å². The average molecular weight is 321 g/mol. The Labute approximate surface area is 138 Å². The summed E-state index contributed by atoms with van der Waals surface area (Å²) in [4.78, 5) is 25.7. The molecule has 1 aliphatic heterocycles. The lowest BCUT2D eigenvalue weighted by Crippen LogP contribution is -2.28. The maximum Gasteiger partial charge on any atom is 0.293 e. The van der Waals surface area contributed by atoms with Gasteiger partial charge in [-0.3, -0.25) is 19.8 Å². The van der Waals surface area contributed by atoms with Crippen molar-refractivity contribution in [1.29, 1.82) is 0 Å². The van der Waals surface area contributed by atoms with Gasteiger partial charge in [-0.05, 0) is 33.8 Å². The van der Waals surface area contributed by atoms with Gasteiger partial charge in [0.25, 0.3) is 5.91 Å². The number of rotatable bonds is 2. The zero-order valence-electron chi connectivity index (χ0n) is 14.5. The molecule has 1 aliphatic rings. The molecular weight excluding hydrogens is 294 g/mol. The summed E-state index contributed by atoms with van der Waals surface area (Å²) in [6.07, 6.45) is 8.85. The zero-order valence-corrected chi connectivity index (χ0v) is 14.5. The van der Waals surface area contributed by atoms with Gasteiger partial charge in [-0.2, -0.15) is 0 Å². The number of nitrogens with one attached hydrogen (secondary N) is 2. The van der Waals surface area contributed by atoms with E-state index in [9.17, 15) is 9.59 Å². The molecule has 0 radical (unpaired) electrons. The number of carbonyl (C=O) groups excluding carboxylic acids is 2. The zero-order chi connectivity index (χ0) is 18.3. The van der Waals surface area contributed by atoms with Crippen LogP contribution in [0.1, 0.15) is 41.0 Å². The van der Waals surface area contributed by atoms with Gasteiger partial charge >= 0.3 is 0 Å². The Kier molecular flexibility index (Phi) is 14.3. The van der Waals surface area contributed by atoms with E-state index in [0.717, 1.165) is 0 Å². The molecule has 0 atom stereocenters. The minimum Gasteiger partial charge on any atom is -0.330 e. The first-order valence-corrected chi connectivity index (χ1v) is 7.14. The van der Waals surface area contributed by atoms with Gasteiger partial charge in [0.05, 0.1) is 0 Å². The lowest BCUT2D eigenvalue weighted by molar-refractivity contribution is -0.122. The van der Waals surface area contributed by atoms with E-state index in [4.69, 9.17) is 5.21 Å². The van der Waals surface area contributed by atoms with Gasteiger partial charge in [0, 0.05) is 25.2 Å². The highest BCUT2D eigenvalue weighted by atomic mass is 16.5. The molecule has 1 heterocycles. The maximum absolute atomic E-state index is 11.1. The second-order valence-electron chi connectivity index (χ2n) is 4.67. The summed E-state index contributed by atoms with van der Waals surface area (Å²) in [5.74, 6) is -0.940. The molecule has 2 amide bonds. The number of hydrogen-bond acceptors (Lipinski definition) is 4. The van der Waals surface area contributed by atoms with Crippen LogP contribution in [-0.2, 0) is 9.59 Å². The standard InChI is InChI=1S/C9H11N3O3.C5H10.C3H6/c1-6(13)11-7-3-2-4-10-8(5-7)9(14)12-15;1-4-5(2)3;1-3-2/h2,4-5,15H,3H2,1H3,(H,11,13)(H,12,14);4H,1-3H3;3H,1H2,2H3. The summed E-state index contributed by atoms with van der Waals surface area (Å²) in [6, 6.07) is 0. The van der Waals surface area contributed by atoms with Gasteiger partial charge in [-0.15, -0.1) is 6.58 Å². The summed E-state index contributed by atoms with van der Waals surface area (Å²) in [6.45, 7) is 12.8. The molecule has 6 nitrogen and oxygen atoms in total. The summed E-state index contributed by atoms with van der Waals surface area (Å²) in [7, 11) is 0. The Morgan fingerprint density at radius 3 is 2.22 bits per heavy atom. The lowest BCUT2D eigenvalue weighted by atomic mass is 10.2. The van der Waals surface area contributed by atoms with Crippen LogP contribution in [0.5, 0.6) is 0 Å². The summed E-state index contributed by atoms with van der Waals surface area (Å²) >= 11 is 0. The van der Waals surface area contributed by atoms with Crippen LogP contribution < -0.4 is 10.8 Å². The second kappa shape index (κ2) is 14.5. The van der Waals surface area contributed by atoms with E-state index in [1.54, 1.807) is 12.2 Å². The van der Waals surface area contributed by atoms with E-state index in [-0.39, 0.29) is 11.6 Å². The van der Waals surface area contributed by atoms with Gasteiger partial charge in [-0.1, -0.05) is 23.8 Å². The Morgan fingerprint density at radius 1 is 1.30 bits per heavy atom. The van der Waals surface area contributed by atoms with Crippen LogP contribution in [0.15, 0.2) is 53.3 Å². The highest BCUT2D eigenvalue weighted by Crippen LogP contribution is 2.04. The molecule has 23 heavy (non-hydrogen) atoms. The van der Waals surface area contributed by atoms with Gasteiger partial charge < -0.3 is 5.32 Å². The number of nitrogens with zero attached hydrogens (tertiary/aromatic N) is 1. The fourth-order valence-corrected chi connectivity index (χ4v) is 1.07. The predicted octanol–water partition coefficient (Wildman–Crippen LogP) is 3.04. The van der Waals surface area contributed by atoms with Crippen molar-refractivity contribution < 1.29 is 14.8 Å². The van der Waals surface area contributed by atoms with Crippen LogP contribution in [0.25, 0.3) is 0 Å². The number of amides is 2.